The summed E-state index contributed by atoms with van der Waals surface area (Å²) in [4.78, 5) is 12.1. The topological polar surface area (TPSA) is 35.5 Å². The Labute approximate surface area is 158 Å². The Bertz CT molecular complexity index is 860. The van der Waals surface area contributed by atoms with Gasteiger partial charge < -0.3 is 9.47 Å². The Morgan fingerprint density at radius 1 is 0.885 bits per heavy atom. The largest absolute Gasteiger partial charge is 0.479 e. The van der Waals surface area contributed by atoms with Crippen LogP contribution in [0.5, 0.6) is 5.75 Å². The summed E-state index contributed by atoms with van der Waals surface area (Å²) in [7, 11) is 0. The van der Waals surface area contributed by atoms with Crippen LogP contribution in [0.15, 0.2) is 78.9 Å². The van der Waals surface area contributed by atoms with Crippen LogP contribution in [0.3, 0.4) is 0 Å². The maximum absolute atomic E-state index is 12.1. The zero-order valence-corrected chi connectivity index (χ0v) is 15.1. The van der Waals surface area contributed by atoms with Crippen LogP contribution >= 0.6 is 11.6 Å². The molecule has 0 saturated heterocycles. The number of esters is 1. The molecule has 0 spiro atoms. The van der Waals surface area contributed by atoms with Crippen LogP contribution in [0.1, 0.15) is 12.5 Å². The van der Waals surface area contributed by atoms with Crippen LogP contribution in [-0.4, -0.2) is 12.1 Å². The number of ether oxygens (including phenoxy) is 2. The number of carbonyl (C=O) groups is 1. The van der Waals surface area contributed by atoms with E-state index in [4.69, 9.17) is 21.1 Å². The van der Waals surface area contributed by atoms with E-state index in [1.807, 2.05) is 72.8 Å². The molecule has 0 aliphatic carbocycles. The van der Waals surface area contributed by atoms with E-state index >= 15 is 0 Å². The molecular weight excluding hydrogens is 348 g/mol. The summed E-state index contributed by atoms with van der Waals surface area (Å²) in [5.41, 5.74) is 2.99. The Kier molecular flexibility index (Phi) is 5.92. The van der Waals surface area contributed by atoms with Crippen molar-refractivity contribution in [1.82, 2.24) is 0 Å². The highest BCUT2D eigenvalue weighted by Crippen LogP contribution is 2.23. The van der Waals surface area contributed by atoms with Gasteiger partial charge in [-0.25, -0.2) is 4.79 Å². The van der Waals surface area contributed by atoms with Gasteiger partial charge in [0, 0.05) is 10.6 Å². The van der Waals surface area contributed by atoms with Gasteiger partial charge in [0.1, 0.15) is 12.4 Å². The lowest BCUT2D eigenvalue weighted by molar-refractivity contribution is -0.152. The van der Waals surface area contributed by atoms with Crippen LogP contribution in [-0.2, 0) is 16.1 Å². The van der Waals surface area contributed by atoms with Crippen LogP contribution in [0.2, 0.25) is 5.02 Å². The van der Waals surface area contributed by atoms with E-state index in [0.717, 1.165) is 16.7 Å². The van der Waals surface area contributed by atoms with Crippen molar-refractivity contribution in [1.29, 1.82) is 0 Å². The SMILES string of the molecule is CC(Oc1ccc(-c2ccccc2)cc1)C(=O)OCc1ccccc1Cl. The normalized spacial score (nSPS) is 11.6. The molecule has 0 bridgehead atoms. The molecule has 132 valence electrons. The summed E-state index contributed by atoms with van der Waals surface area (Å²) in [6, 6.07) is 25.0. The summed E-state index contributed by atoms with van der Waals surface area (Å²) in [6.07, 6.45) is -0.708. The minimum Gasteiger partial charge on any atom is -0.479 e. The molecule has 3 aromatic rings. The van der Waals surface area contributed by atoms with E-state index in [1.165, 1.54) is 0 Å². The third-order valence-corrected chi connectivity index (χ3v) is 4.30. The number of halogens is 1. The number of rotatable bonds is 6. The first-order valence-corrected chi connectivity index (χ1v) is 8.73. The average molecular weight is 367 g/mol. The van der Waals surface area contributed by atoms with E-state index in [-0.39, 0.29) is 6.61 Å². The summed E-state index contributed by atoms with van der Waals surface area (Å²) < 4.78 is 11.0. The van der Waals surface area contributed by atoms with E-state index in [2.05, 4.69) is 0 Å². The summed E-state index contributed by atoms with van der Waals surface area (Å²) in [6.45, 7) is 1.79. The summed E-state index contributed by atoms with van der Waals surface area (Å²) in [5, 5.41) is 0.574. The number of hydrogen-bond acceptors (Lipinski definition) is 3. The van der Waals surface area contributed by atoms with Gasteiger partial charge in [-0.2, -0.15) is 0 Å². The Morgan fingerprint density at radius 3 is 2.19 bits per heavy atom. The molecular formula is C22H19ClO3. The second-order valence-electron chi connectivity index (χ2n) is 5.85. The van der Waals surface area contributed by atoms with Gasteiger partial charge in [0.05, 0.1) is 0 Å². The molecule has 0 saturated carbocycles. The third-order valence-electron chi connectivity index (χ3n) is 3.93. The lowest BCUT2D eigenvalue weighted by Gasteiger charge is -2.14. The monoisotopic (exact) mass is 366 g/mol. The molecule has 0 aliphatic heterocycles. The van der Waals surface area contributed by atoms with Gasteiger partial charge in [0.2, 0.25) is 0 Å². The molecule has 0 aromatic heterocycles. The second kappa shape index (κ2) is 8.54. The predicted octanol–water partition coefficient (Wildman–Crippen LogP) is 5.52. The summed E-state index contributed by atoms with van der Waals surface area (Å²) in [5.74, 6) is 0.184. The smallest absolute Gasteiger partial charge is 0.347 e. The van der Waals surface area contributed by atoms with E-state index in [0.29, 0.717) is 10.8 Å². The number of hydrogen-bond donors (Lipinski definition) is 0. The molecule has 3 nitrogen and oxygen atoms in total. The van der Waals surface area contributed by atoms with Crippen molar-refractivity contribution in [2.45, 2.75) is 19.6 Å². The fourth-order valence-corrected chi connectivity index (χ4v) is 2.68. The average Bonchev–Trinajstić information content (AvgIpc) is 2.68. The van der Waals surface area contributed by atoms with Crippen molar-refractivity contribution < 1.29 is 14.3 Å². The van der Waals surface area contributed by atoms with Gasteiger partial charge in [-0.05, 0) is 36.2 Å². The van der Waals surface area contributed by atoms with Gasteiger partial charge in [-0.3, -0.25) is 0 Å². The highest BCUT2D eigenvalue weighted by atomic mass is 35.5. The first-order chi connectivity index (χ1) is 12.6. The van der Waals surface area contributed by atoms with E-state index in [1.54, 1.807) is 13.0 Å². The number of carbonyl (C=O) groups excluding carboxylic acids is 1. The minimum atomic E-state index is -0.708. The molecule has 0 aliphatic rings. The first kappa shape index (κ1) is 18.0. The predicted molar refractivity (Wildman–Crippen MR) is 103 cm³/mol. The van der Waals surface area contributed by atoms with Gasteiger partial charge >= 0.3 is 5.97 Å². The van der Waals surface area contributed by atoms with E-state index in [9.17, 15) is 4.79 Å². The molecule has 0 radical (unpaired) electrons. The summed E-state index contributed by atoms with van der Waals surface area (Å²) >= 11 is 6.06. The zero-order valence-electron chi connectivity index (χ0n) is 14.4. The van der Waals surface area contributed by atoms with Crippen LogP contribution in [0.4, 0.5) is 0 Å². The molecule has 0 N–H and O–H groups in total. The first-order valence-electron chi connectivity index (χ1n) is 8.35. The molecule has 3 aromatic carbocycles. The minimum absolute atomic E-state index is 0.124. The Hall–Kier alpha value is -2.78. The highest BCUT2D eigenvalue weighted by Gasteiger charge is 2.17. The molecule has 3 rings (SSSR count). The van der Waals surface area contributed by atoms with Gasteiger partial charge in [0.25, 0.3) is 0 Å². The highest BCUT2D eigenvalue weighted by molar-refractivity contribution is 6.31. The van der Waals surface area contributed by atoms with Crippen molar-refractivity contribution in [2.24, 2.45) is 0 Å². The van der Waals surface area contributed by atoms with Crippen molar-refractivity contribution >= 4 is 17.6 Å². The molecule has 4 heteroatoms. The maximum Gasteiger partial charge on any atom is 0.347 e. The quantitative estimate of drug-likeness (QED) is 0.539. The molecule has 1 unspecified atom stereocenters. The second-order valence-corrected chi connectivity index (χ2v) is 6.26. The number of benzene rings is 3. The molecule has 0 heterocycles. The van der Waals surface area contributed by atoms with Crippen LogP contribution in [0.25, 0.3) is 11.1 Å². The molecule has 0 fully saturated rings. The molecule has 0 amide bonds. The Morgan fingerprint density at radius 2 is 1.50 bits per heavy atom. The Balaban J connectivity index is 1.56. The lowest BCUT2D eigenvalue weighted by atomic mass is 10.1. The van der Waals surface area contributed by atoms with Gasteiger partial charge in [0.15, 0.2) is 6.10 Å². The van der Waals surface area contributed by atoms with Gasteiger partial charge in [-0.15, -0.1) is 0 Å². The van der Waals surface area contributed by atoms with E-state index < -0.39 is 12.1 Å². The van der Waals surface area contributed by atoms with Crippen LogP contribution in [0, 0.1) is 0 Å². The van der Waals surface area contributed by atoms with Crippen molar-refractivity contribution in [3.63, 3.8) is 0 Å². The lowest BCUT2D eigenvalue weighted by Crippen LogP contribution is -2.26. The fraction of sp³-hybridized carbons (Fsp3) is 0.136. The van der Waals surface area contributed by atoms with Crippen molar-refractivity contribution in [3.8, 4) is 16.9 Å². The zero-order chi connectivity index (χ0) is 18.4. The molecule has 26 heavy (non-hydrogen) atoms. The fourth-order valence-electron chi connectivity index (χ4n) is 2.49. The molecule has 1 atom stereocenters. The van der Waals surface area contributed by atoms with Crippen molar-refractivity contribution in [2.75, 3.05) is 0 Å². The third kappa shape index (κ3) is 4.64. The maximum atomic E-state index is 12.1. The standard InChI is InChI=1S/C22H19ClO3/c1-16(22(24)25-15-19-9-5-6-10-21(19)23)26-20-13-11-18(12-14-20)17-7-3-2-4-8-17/h2-14,16H,15H2,1H3. The van der Waals surface area contributed by atoms with Gasteiger partial charge in [-0.1, -0.05) is 72.3 Å². The van der Waals surface area contributed by atoms with Crippen molar-refractivity contribution in [3.05, 3.63) is 89.4 Å². The van der Waals surface area contributed by atoms with Crippen LogP contribution < -0.4 is 4.74 Å².